The molecule has 5 heteroatoms. The zero-order valence-corrected chi connectivity index (χ0v) is 13.2. The van der Waals surface area contributed by atoms with E-state index < -0.39 is 0 Å². The maximum absolute atomic E-state index is 12.3. The molecule has 110 valence electrons. The van der Waals surface area contributed by atoms with Crippen LogP contribution in [0.2, 0.25) is 0 Å². The van der Waals surface area contributed by atoms with E-state index >= 15 is 0 Å². The molecule has 1 aliphatic heterocycles. The second-order valence-corrected chi connectivity index (χ2v) is 6.49. The first-order valence-corrected chi connectivity index (χ1v) is 8.06. The first-order valence-electron chi connectivity index (χ1n) is 6.90. The molecule has 1 N–H and O–H groups in total. The number of amides is 1. The van der Waals surface area contributed by atoms with Crippen LogP contribution in [0.25, 0.3) is 0 Å². The Labute approximate surface area is 125 Å². The monoisotopic (exact) mass is 293 g/mol. The zero-order valence-electron chi connectivity index (χ0n) is 12.4. The van der Waals surface area contributed by atoms with Crippen LogP contribution in [-0.2, 0) is 11.3 Å². The van der Waals surface area contributed by atoms with E-state index in [9.17, 15) is 4.79 Å². The van der Waals surface area contributed by atoms with Crippen molar-refractivity contribution >= 4 is 23.4 Å². The Hall–Kier alpha value is -1.20. The Bertz CT molecular complexity index is 441. The number of rotatable bonds is 4. The minimum absolute atomic E-state index is 0.0280. The van der Waals surface area contributed by atoms with Crippen molar-refractivity contribution in [2.75, 3.05) is 44.1 Å². The van der Waals surface area contributed by atoms with E-state index in [0.717, 1.165) is 23.6 Å². The Morgan fingerprint density at radius 2 is 2.00 bits per heavy atom. The molecule has 1 unspecified atom stereocenters. The molecule has 0 radical (unpaired) electrons. The standard InChI is InChI=1S/C15H23N3OS/c1-17(2)13-6-4-12(5-7-13)10-18(3)15(19)14-11-20-9-8-16-14/h4-7,14,16H,8-11H2,1-3H3. The molecule has 1 aromatic carbocycles. The number of hydrogen-bond donors (Lipinski definition) is 1. The van der Waals surface area contributed by atoms with E-state index in [4.69, 9.17) is 0 Å². The predicted octanol–water partition coefficient (Wildman–Crippen LogP) is 1.42. The SMILES string of the molecule is CN(Cc1ccc(N(C)C)cc1)C(=O)C1CSCCN1. The Morgan fingerprint density at radius 1 is 1.30 bits per heavy atom. The van der Waals surface area contributed by atoms with Crippen molar-refractivity contribution < 1.29 is 4.79 Å². The fourth-order valence-corrected chi connectivity index (χ4v) is 3.17. The highest BCUT2D eigenvalue weighted by molar-refractivity contribution is 7.99. The molecule has 1 amide bonds. The van der Waals surface area contributed by atoms with Gasteiger partial charge in [-0.2, -0.15) is 11.8 Å². The van der Waals surface area contributed by atoms with Crippen molar-refractivity contribution in [3.05, 3.63) is 29.8 Å². The lowest BCUT2D eigenvalue weighted by Gasteiger charge is -2.27. The molecule has 1 fully saturated rings. The third kappa shape index (κ3) is 3.90. The van der Waals surface area contributed by atoms with Gasteiger partial charge in [-0.05, 0) is 17.7 Å². The topological polar surface area (TPSA) is 35.6 Å². The van der Waals surface area contributed by atoms with E-state index in [2.05, 4.69) is 34.5 Å². The molecule has 1 heterocycles. The lowest BCUT2D eigenvalue weighted by Crippen LogP contribution is -2.49. The van der Waals surface area contributed by atoms with Crippen molar-refractivity contribution in [3.63, 3.8) is 0 Å². The highest BCUT2D eigenvalue weighted by Gasteiger charge is 2.23. The van der Waals surface area contributed by atoms with Crippen LogP contribution in [0.3, 0.4) is 0 Å². The Kier molecular flexibility index (Phi) is 5.31. The van der Waals surface area contributed by atoms with E-state index in [1.807, 2.05) is 37.8 Å². The molecule has 20 heavy (non-hydrogen) atoms. The maximum Gasteiger partial charge on any atom is 0.240 e. The number of benzene rings is 1. The number of anilines is 1. The van der Waals surface area contributed by atoms with Gasteiger partial charge in [0.05, 0.1) is 6.04 Å². The number of likely N-dealkylation sites (N-methyl/N-ethyl adjacent to an activating group) is 1. The second-order valence-electron chi connectivity index (χ2n) is 5.34. The number of nitrogens with zero attached hydrogens (tertiary/aromatic N) is 2. The molecule has 0 bridgehead atoms. The molecule has 0 aromatic heterocycles. The number of thioether (sulfide) groups is 1. The molecule has 1 aromatic rings. The van der Waals surface area contributed by atoms with Crippen LogP contribution in [0.4, 0.5) is 5.69 Å². The molecule has 1 atom stereocenters. The van der Waals surface area contributed by atoms with Gasteiger partial charge in [-0.3, -0.25) is 4.79 Å². The summed E-state index contributed by atoms with van der Waals surface area (Å²) in [6, 6.07) is 8.31. The van der Waals surface area contributed by atoms with Crippen LogP contribution in [-0.4, -0.2) is 56.0 Å². The van der Waals surface area contributed by atoms with Gasteiger partial charge in [0.15, 0.2) is 0 Å². The molecule has 2 rings (SSSR count). The number of carbonyl (C=O) groups excluding carboxylic acids is 1. The van der Waals surface area contributed by atoms with Crippen LogP contribution >= 0.6 is 11.8 Å². The van der Waals surface area contributed by atoms with Gasteiger partial charge in [0.25, 0.3) is 0 Å². The zero-order chi connectivity index (χ0) is 14.5. The predicted molar refractivity (Wildman–Crippen MR) is 86.4 cm³/mol. The summed E-state index contributed by atoms with van der Waals surface area (Å²) < 4.78 is 0. The highest BCUT2D eigenvalue weighted by atomic mass is 32.2. The molecular formula is C15H23N3OS. The molecule has 0 saturated carbocycles. The average molecular weight is 293 g/mol. The van der Waals surface area contributed by atoms with Crippen molar-refractivity contribution in [1.29, 1.82) is 0 Å². The van der Waals surface area contributed by atoms with Crippen LogP contribution in [0.5, 0.6) is 0 Å². The van der Waals surface area contributed by atoms with Gasteiger partial charge in [-0.1, -0.05) is 12.1 Å². The fraction of sp³-hybridized carbons (Fsp3) is 0.533. The van der Waals surface area contributed by atoms with Gasteiger partial charge < -0.3 is 15.1 Å². The average Bonchev–Trinajstić information content (AvgIpc) is 2.48. The van der Waals surface area contributed by atoms with Crippen molar-refractivity contribution in [1.82, 2.24) is 10.2 Å². The lowest BCUT2D eigenvalue weighted by atomic mass is 10.1. The largest absolute Gasteiger partial charge is 0.378 e. The van der Waals surface area contributed by atoms with E-state index in [0.29, 0.717) is 6.54 Å². The van der Waals surface area contributed by atoms with Gasteiger partial charge in [0.1, 0.15) is 0 Å². The van der Waals surface area contributed by atoms with Crippen molar-refractivity contribution in [2.24, 2.45) is 0 Å². The third-order valence-corrected chi connectivity index (χ3v) is 4.53. The van der Waals surface area contributed by atoms with Crippen LogP contribution < -0.4 is 10.2 Å². The highest BCUT2D eigenvalue weighted by Crippen LogP contribution is 2.15. The van der Waals surface area contributed by atoms with E-state index in [1.165, 1.54) is 5.69 Å². The van der Waals surface area contributed by atoms with Crippen molar-refractivity contribution in [3.8, 4) is 0 Å². The summed E-state index contributed by atoms with van der Waals surface area (Å²) in [7, 11) is 5.93. The number of carbonyl (C=O) groups is 1. The van der Waals surface area contributed by atoms with Gasteiger partial charge in [0, 0.05) is 51.4 Å². The van der Waals surface area contributed by atoms with E-state index in [-0.39, 0.29) is 11.9 Å². The molecule has 4 nitrogen and oxygen atoms in total. The molecule has 1 saturated heterocycles. The Morgan fingerprint density at radius 3 is 2.55 bits per heavy atom. The van der Waals surface area contributed by atoms with Crippen LogP contribution in [0, 0.1) is 0 Å². The number of hydrogen-bond acceptors (Lipinski definition) is 4. The summed E-state index contributed by atoms with van der Waals surface area (Å²) in [4.78, 5) is 16.2. The molecule has 0 spiro atoms. The van der Waals surface area contributed by atoms with Crippen LogP contribution in [0.15, 0.2) is 24.3 Å². The summed E-state index contributed by atoms with van der Waals surface area (Å²) in [5.74, 6) is 2.16. The lowest BCUT2D eigenvalue weighted by molar-refractivity contribution is -0.132. The quantitative estimate of drug-likeness (QED) is 0.911. The third-order valence-electron chi connectivity index (χ3n) is 3.47. The molecular weight excluding hydrogens is 270 g/mol. The first-order chi connectivity index (χ1) is 9.58. The fourth-order valence-electron chi connectivity index (χ4n) is 2.24. The summed E-state index contributed by atoms with van der Waals surface area (Å²) in [6.07, 6.45) is 0. The smallest absolute Gasteiger partial charge is 0.240 e. The van der Waals surface area contributed by atoms with Gasteiger partial charge in [-0.15, -0.1) is 0 Å². The van der Waals surface area contributed by atoms with Crippen molar-refractivity contribution in [2.45, 2.75) is 12.6 Å². The summed E-state index contributed by atoms with van der Waals surface area (Å²) in [5.41, 5.74) is 2.34. The van der Waals surface area contributed by atoms with E-state index in [1.54, 1.807) is 0 Å². The first kappa shape index (κ1) is 15.2. The minimum atomic E-state index is -0.0280. The Balaban J connectivity index is 1.92. The van der Waals surface area contributed by atoms with Crippen LogP contribution in [0.1, 0.15) is 5.56 Å². The number of nitrogens with one attached hydrogen (secondary N) is 1. The minimum Gasteiger partial charge on any atom is -0.378 e. The second kappa shape index (κ2) is 6.99. The molecule has 1 aliphatic rings. The normalized spacial score (nSPS) is 18.6. The van der Waals surface area contributed by atoms with Gasteiger partial charge in [0.2, 0.25) is 5.91 Å². The maximum atomic E-state index is 12.3. The summed E-state index contributed by atoms with van der Waals surface area (Å²) in [6.45, 7) is 1.59. The van der Waals surface area contributed by atoms with Gasteiger partial charge in [-0.25, -0.2) is 0 Å². The molecule has 0 aliphatic carbocycles. The van der Waals surface area contributed by atoms with Gasteiger partial charge >= 0.3 is 0 Å². The summed E-state index contributed by atoms with van der Waals surface area (Å²) in [5, 5.41) is 3.29. The summed E-state index contributed by atoms with van der Waals surface area (Å²) >= 11 is 1.84.